The SMILES string of the molecule is CC(Cc1ccccn1)N(C)Cc1ccc2cccc(Cl)c2n1. The molecule has 3 nitrogen and oxygen atoms in total. The van der Waals surface area contributed by atoms with Gasteiger partial charge in [0.25, 0.3) is 0 Å². The van der Waals surface area contributed by atoms with Gasteiger partial charge in [0.05, 0.1) is 16.2 Å². The molecule has 0 radical (unpaired) electrons. The highest BCUT2D eigenvalue weighted by Crippen LogP contribution is 2.22. The molecule has 0 aliphatic carbocycles. The first kappa shape index (κ1) is 15.9. The van der Waals surface area contributed by atoms with Crippen molar-refractivity contribution in [2.45, 2.75) is 25.9 Å². The number of halogens is 1. The number of fused-ring (bicyclic) bond motifs is 1. The van der Waals surface area contributed by atoms with Gasteiger partial charge < -0.3 is 0 Å². The zero-order chi connectivity index (χ0) is 16.2. The Morgan fingerprint density at radius 1 is 1.04 bits per heavy atom. The number of benzene rings is 1. The summed E-state index contributed by atoms with van der Waals surface area (Å²) in [5.41, 5.74) is 3.01. The summed E-state index contributed by atoms with van der Waals surface area (Å²) in [5.74, 6) is 0. The van der Waals surface area contributed by atoms with E-state index in [1.54, 1.807) is 0 Å². The van der Waals surface area contributed by atoms with Crippen molar-refractivity contribution in [3.8, 4) is 0 Å². The molecule has 1 aromatic carbocycles. The lowest BCUT2D eigenvalue weighted by molar-refractivity contribution is 0.244. The minimum absolute atomic E-state index is 0.383. The van der Waals surface area contributed by atoms with Gasteiger partial charge in [0, 0.05) is 36.3 Å². The molecule has 0 saturated carbocycles. The van der Waals surface area contributed by atoms with E-state index in [4.69, 9.17) is 16.6 Å². The van der Waals surface area contributed by atoms with E-state index in [1.165, 1.54) is 0 Å². The van der Waals surface area contributed by atoms with Crippen LogP contribution in [0.3, 0.4) is 0 Å². The van der Waals surface area contributed by atoms with Gasteiger partial charge in [0.15, 0.2) is 0 Å². The third-order valence-electron chi connectivity index (χ3n) is 4.12. The first-order valence-electron chi connectivity index (χ1n) is 7.78. The van der Waals surface area contributed by atoms with E-state index in [9.17, 15) is 0 Å². The van der Waals surface area contributed by atoms with E-state index in [1.807, 2.05) is 36.5 Å². The van der Waals surface area contributed by atoms with Crippen LogP contribution in [0.4, 0.5) is 0 Å². The van der Waals surface area contributed by atoms with Crippen LogP contribution in [0.1, 0.15) is 18.3 Å². The molecule has 0 amide bonds. The predicted molar refractivity (Wildman–Crippen MR) is 95.6 cm³/mol. The average Bonchev–Trinajstić information content (AvgIpc) is 2.56. The van der Waals surface area contributed by atoms with Crippen molar-refractivity contribution >= 4 is 22.5 Å². The van der Waals surface area contributed by atoms with Crippen LogP contribution < -0.4 is 0 Å². The highest BCUT2D eigenvalue weighted by Gasteiger charge is 2.12. The van der Waals surface area contributed by atoms with Gasteiger partial charge in [-0.05, 0) is 38.2 Å². The molecule has 3 rings (SSSR count). The Morgan fingerprint density at radius 2 is 1.91 bits per heavy atom. The lowest BCUT2D eigenvalue weighted by Crippen LogP contribution is -2.31. The van der Waals surface area contributed by atoms with Crippen LogP contribution in [0, 0.1) is 0 Å². The van der Waals surface area contributed by atoms with Crippen molar-refractivity contribution in [2.75, 3.05) is 7.05 Å². The van der Waals surface area contributed by atoms with Gasteiger partial charge >= 0.3 is 0 Å². The molecular weight excluding hydrogens is 306 g/mol. The average molecular weight is 326 g/mol. The largest absolute Gasteiger partial charge is 0.297 e. The topological polar surface area (TPSA) is 29.0 Å². The molecule has 2 heterocycles. The number of para-hydroxylation sites is 1. The van der Waals surface area contributed by atoms with E-state index in [-0.39, 0.29) is 0 Å². The Labute approximate surface area is 141 Å². The summed E-state index contributed by atoms with van der Waals surface area (Å²) in [6.07, 6.45) is 2.76. The van der Waals surface area contributed by atoms with Crippen LogP contribution in [0.25, 0.3) is 10.9 Å². The molecule has 0 bridgehead atoms. The van der Waals surface area contributed by atoms with E-state index >= 15 is 0 Å². The Morgan fingerprint density at radius 3 is 2.70 bits per heavy atom. The lowest BCUT2D eigenvalue weighted by atomic mass is 10.1. The van der Waals surface area contributed by atoms with Gasteiger partial charge in [0.1, 0.15) is 0 Å². The van der Waals surface area contributed by atoms with Crippen molar-refractivity contribution < 1.29 is 0 Å². The maximum absolute atomic E-state index is 6.25. The van der Waals surface area contributed by atoms with Gasteiger partial charge in [0.2, 0.25) is 0 Å². The van der Waals surface area contributed by atoms with Gasteiger partial charge in [-0.15, -0.1) is 0 Å². The first-order chi connectivity index (χ1) is 11.1. The number of hydrogen-bond acceptors (Lipinski definition) is 3. The second-order valence-electron chi connectivity index (χ2n) is 5.90. The summed E-state index contributed by atoms with van der Waals surface area (Å²) in [6, 6.07) is 16.4. The fraction of sp³-hybridized carbons (Fsp3) is 0.263. The Kier molecular flexibility index (Phi) is 4.89. The molecule has 0 spiro atoms. The Balaban J connectivity index is 1.72. The molecule has 1 atom stereocenters. The third kappa shape index (κ3) is 3.87. The summed E-state index contributed by atoms with van der Waals surface area (Å²) in [6.45, 7) is 3.00. The monoisotopic (exact) mass is 325 g/mol. The molecule has 3 aromatic rings. The van der Waals surface area contributed by atoms with Gasteiger partial charge in [-0.2, -0.15) is 0 Å². The second-order valence-corrected chi connectivity index (χ2v) is 6.31. The van der Waals surface area contributed by atoms with Crippen molar-refractivity contribution in [1.82, 2.24) is 14.9 Å². The third-order valence-corrected chi connectivity index (χ3v) is 4.43. The number of pyridine rings is 2. The predicted octanol–water partition coefficient (Wildman–Crippen LogP) is 4.35. The van der Waals surface area contributed by atoms with E-state index in [2.05, 4.69) is 42.1 Å². The fourth-order valence-electron chi connectivity index (χ4n) is 2.63. The molecule has 0 aliphatic heterocycles. The summed E-state index contributed by atoms with van der Waals surface area (Å²) >= 11 is 6.25. The molecular formula is C19H20ClN3. The zero-order valence-electron chi connectivity index (χ0n) is 13.4. The molecule has 0 N–H and O–H groups in total. The van der Waals surface area contributed by atoms with Gasteiger partial charge in [-0.25, -0.2) is 4.98 Å². The maximum atomic E-state index is 6.25. The maximum Gasteiger partial charge on any atom is 0.0891 e. The smallest absolute Gasteiger partial charge is 0.0891 e. The summed E-state index contributed by atoms with van der Waals surface area (Å²) in [4.78, 5) is 11.4. The van der Waals surface area contributed by atoms with Gasteiger partial charge in [-0.1, -0.05) is 35.9 Å². The Bertz CT molecular complexity index is 789. The highest BCUT2D eigenvalue weighted by molar-refractivity contribution is 6.35. The van der Waals surface area contributed by atoms with Crippen molar-refractivity contribution in [1.29, 1.82) is 0 Å². The Hall–Kier alpha value is -1.97. The molecule has 23 heavy (non-hydrogen) atoms. The number of rotatable bonds is 5. The highest BCUT2D eigenvalue weighted by atomic mass is 35.5. The van der Waals surface area contributed by atoms with Crippen molar-refractivity contribution in [3.05, 3.63) is 71.1 Å². The van der Waals surface area contributed by atoms with E-state index < -0.39 is 0 Å². The minimum atomic E-state index is 0.383. The second kappa shape index (κ2) is 7.07. The molecule has 118 valence electrons. The number of hydrogen-bond donors (Lipinski definition) is 0. The number of nitrogens with zero attached hydrogens (tertiary/aromatic N) is 3. The molecule has 0 fully saturated rings. The van der Waals surface area contributed by atoms with Crippen LogP contribution in [-0.2, 0) is 13.0 Å². The van der Waals surface area contributed by atoms with Crippen LogP contribution in [0.2, 0.25) is 5.02 Å². The fourth-order valence-corrected chi connectivity index (χ4v) is 2.85. The first-order valence-corrected chi connectivity index (χ1v) is 8.15. The minimum Gasteiger partial charge on any atom is -0.297 e. The summed E-state index contributed by atoms with van der Waals surface area (Å²) in [7, 11) is 2.12. The summed E-state index contributed by atoms with van der Waals surface area (Å²) < 4.78 is 0. The normalized spacial score (nSPS) is 12.7. The number of likely N-dealkylation sites (N-methyl/N-ethyl adjacent to an activating group) is 1. The van der Waals surface area contributed by atoms with E-state index in [0.717, 1.165) is 35.3 Å². The summed E-state index contributed by atoms with van der Waals surface area (Å²) in [5, 5.41) is 1.78. The van der Waals surface area contributed by atoms with Gasteiger partial charge in [-0.3, -0.25) is 9.88 Å². The molecule has 0 aliphatic rings. The molecule has 0 saturated heterocycles. The van der Waals surface area contributed by atoms with Crippen LogP contribution in [-0.4, -0.2) is 28.0 Å². The van der Waals surface area contributed by atoms with Crippen molar-refractivity contribution in [2.24, 2.45) is 0 Å². The standard InChI is InChI=1S/C19H20ClN3/c1-14(12-16-7-3-4-11-21-16)23(2)13-17-10-9-15-6-5-8-18(20)19(15)22-17/h3-11,14H,12-13H2,1-2H3. The zero-order valence-corrected chi connectivity index (χ0v) is 14.2. The van der Waals surface area contributed by atoms with Crippen molar-refractivity contribution in [3.63, 3.8) is 0 Å². The van der Waals surface area contributed by atoms with Crippen LogP contribution in [0.5, 0.6) is 0 Å². The van der Waals surface area contributed by atoms with Crippen LogP contribution >= 0.6 is 11.6 Å². The lowest BCUT2D eigenvalue weighted by Gasteiger charge is -2.24. The number of aromatic nitrogens is 2. The van der Waals surface area contributed by atoms with E-state index in [0.29, 0.717) is 11.1 Å². The van der Waals surface area contributed by atoms with Crippen LogP contribution in [0.15, 0.2) is 54.7 Å². The molecule has 2 aromatic heterocycles. The quantitative estimate of drug-likeness (QED) is 0.698. The molecule has 4 heteroatoms. The molecule has 1 unspecified atom stereocenters.